The van der Waals surface area contributed by atoms with Crippen LogP contribution in [0.3, 0.4) is 0 Å². The van der Waals surface area contributed by atoms with E-state index >= 15 is 0 Å². The summed E-state index contributed by atoms with van der Waals surface area (Å²) in [5.74, 6) is 0.184. The molecule has 0 spiro atoms. The third-order valence-electron chi connectivity index (χ3n) is 5.39. The van der Waals surface area contributed by atoms with Gasteiger partial charge in [-0.05, 0) is 31.5 Å². The van der Waals surface area contributed by atoms with Crippen LogP contribution in [0.5, 0.6) is 0 Å². The lowest BCUT2D eigenvalue weighted by Gasteiger charge is -2.39. The van der Waals surface area contributed by atoms with Gasteiger partial charge in [0.2, 0.25) is 0 Å². The summed E-state index contributed by atoms with van der Waals surface area (Å²) in [5, 5.41) is 20.9. The summed E-state index contributed by atoms with van der Waals surface area (Å²) in [6.07, 6.45) is -8.03. The highest BCUT2D eigenvalue weighted by Crippen LogP contribution is 2.40. The van der Waals surface area contributed by atoms with Crippen molar-refractivity contribution in [3.63, 3.8) is 0 Å². The number of aromatic nitrogens is 3. The first kappa shape index (κ1) is 22.1. The maximum Gasteiger partial charge on any atom is 0.435 e. The molecule has 2 N–H and O–H groups in total. The number of aliphatic hydroxyl groups is 1. The highest BCUT2D eigenvalue weighted by Gasteiger charge is 2.40. The minimum Gasteiger partial charge on any atom is -0.389 e. The minimum atomic E-state index is -4.70. The van der Waals surface area contributed by atoms with Gasteiger partial charge in [-0.3, -0.25) is 0 Å². The second-order valence-electron chi connectivity index (χ2n) is 7.78. The van der Waals surface area contributed by atoms with E-state index in [1.807, 2.05) is 0 Å². The maximum atomic E-state index is 13.7. The predicted molar refractivity (Wildman–Crippen MR) is 109 cm³/mol. The average Bonchev–Trinajstić information content (AvgIpc) is 2.72. The first-order valence-corrected chi connectivity index (χ1v) is 9.87. The number of hydrogen-bond donors (Lipinski definition) is 2. The number of alkyl halides is 5. The molecule has 1 fully saturated rings. The van der Waals surface area contributed by atoms with E-state index < -0.39 is 30.4 Å². The maximum absolute atomic E-state index is 13.7. The quantitative estimate of drug-likeness (QED) is 0.549. The molecule has 0 saturated carbocycles. The van der Waals surface area contributed by atoms with Crippen LogP contribution in [0.2, 0.25) is 0 Å². The van der Waals surface area contributed by atoms with Gasteiger partial charge < -0.3 is 15.3 Å². The summed E-state index contributed by atoms with van der Waals surface area (Å²) in [5.41, 5.74) is -0.531. The summed E-state index contributed by atoms with van der Waals surface area (Å²) < 4.78 is 67.2. The third kappa shape index (κ3) is 4.16. The average molecular weight is 453 g/mol. The Labute approximate surface area is 180 Å². The second-order valence-corrected chi connectivity index (χ2v) is 7.78. The van der Waals surface area contributed by atoms with E-state index in [2.05, 4.69) is 20.5 Å². The van der Waals surface area contributed by atoms with Crippen LogP contribution in [-0.4, -0.2) is 39.5 Å². The molecule has 0 radical (unpaired) electrons. The third-order valence-corrected chi connectivity index (χ3v) is 5.39. The highest BCUT2D eigenvalue weighted by molar-refractivity contribution is 5.93. The van der Waals surface area contributed by atoms with Gasteiger partial charge in [0.05, 0.1) is 29.0 Å². The Morgan fingerprint density at radius 1 is 1.12 bits per heavy atom. The molecule has 0 aliphatic carbocycles. The Hall–Kier alpha value is -3.08. The fourth-order valence-electron chi connectivity index (χ4n) is 3.65. The van der Waals surface area contributed by atoms with Crippen molar-refractivity contribution in [1.29, 1.82) is 0 Å². The molecule has 2 aromatic heterocycles. The standard InChI is InChI=1S/C21H20F5N5O/c1-10(12-4-3-5-13(6-12)19(22)23)27-20-15-7-16(31-8-14(32)9-31)18(21(24,25)26)28-17(15)11(2)29-30-20/h3-7,10,14,19,32H,8-9H2,1-2H3,(H,27,30)/t10-/m1/s1. The van der Waals surface area contributed by atoms with E-state index in [4.69, 9.17) is 0 Å². The van der Waals surface area contributed by atoms with Gasteiger partial charge in [-0.1, -0.05) is 18.2 Å². The molecule has 1 atom stereocenters. The van der Waals surface area contributed by atoms with E-state index in [1.165, 1.54) is 36.1 Å². The molecule has 1 aromatic carbocycles. The molecule has 3 aromatic rings. The number of benzene rings is 1. The molecule has 4 rings (SSSR count). The van der Waals surface area contributed by atoms with Crippen molar-refractivity contribution in [2.24, 2.45) is 0 Å². The second kappa shape index (κ2) is 8.12. The van der Waals surface area contributed by atoms with Crippen molar-refractivity contribution >= 4 is 22.4 Å². The lowest BCUT2D eigenvalue weighted by atomic mass is 10.0. The minimum absolute atomic E-state index is 0.0354. The van der Waals surface area contributed by atoms with Gasteiger partial charge in [-0.25, -0.2) is 13.8 Å². The summed E-state index contributed by atoms with van der Waals surface area (Å²) >= 11 is 0. The van der Waals surface area contributed by atoms with Crippen molar-refractivity contribution in [1.82, 2.24) is 15.2 Å². The van der Waals surface area contributed by atoms with Gasteiger partial charge in [0.1, 0.15) is 0 Å². The van der Waals surface area contributed by atoms with Crippen LogP contribution < -0.4 is 10.2 Å². The number of pyridine rings is 1. The zero-order valence-corrected chi connectivity index (χ0v) is 17.2. The van der Waals surface area contributed by atoms with Crippen LogP contribution in [0.1, 0.15) is 41.9 Å². The van der Waals surface area contributed by atoms with Crippen molar-refractivity contribution < 1.29 is 27.1 Å². The monoisotopic (exact) mass is 453 g/mol. The number of nitrogens with zero attached hydrogens (tertiary/aromatic N) is 4. The number of hydrogen-bond acceptors (Lipinski definition) is 6. The Morgan fingerprint density at radius 2 is 1.81 bits per heavy atom. The van der Waals surface area contributed by atoms with Gasteiger partial charge >= 0.3 is 6.18 Å². The van der Waals surface area contributed by atoms with Gasteiger partial charge in [0.25, 0.3) is 6.43 Å². The van der Waals surface area contributed by atoms with Crippen molar-refractivity contribution in [3.05, 3.63) is 52.8 Å². The molecular weight excluding hydrogens is 433 g/mol. The lowest BCUT2D eigenvalue weighted by Crippen LogP contribution is -2.51. The van der Waals surface area contributed by atoms with Crippen LogP contribution in [0, 0.1) is 6.92 Å². The van der Waals surface area contributed by atoms with Crippen LogP contribution in [0.25, 0.3) is 10.9 Å². The zero-order valence-electron chi connectivity index (χ0n) is 17.2. The van der Waals surface area contributed by atoms with Crippen LogP contribution >= 0.6 is 0 Å². The Kier molecular flexibility index (Phi) is 5.61. The fourth-order valence-corrected chi connectivity index (χ4v) is 3.65. The number of halogens is 5. The largest absolute Gasteiger partial charge is 0.435 e. The van der Waals surface area contributed by atoms with E-state index in [0.717, 1.165) is 0 Å². The molecule has 1 aliphatic heterocycles. The molecule has 1 aliphatic rings. The predicted octanol–water partition coefficient (Wildman–Crippen LogP) is 4.64. The first-order valence-electron chi connectivity index (χ1n) is 9.87. The molecule has 0 amide bonds. The first-order chi connectivity index (χ1) is 15.0. The van der Waals surface area contributed by atoms with Gasteiger partial charge in [0.15, 0.2) is 11.5 Å². The van der Waals surface area contributed by atoms with E-state index in [0.29, 0.717) is 10.9 Å². The Morgan fingerprint density at radius 3 is 2.44 bits per heavy atom. The number of β-amino-alcohol motifs (C(OH)–C–C–N with tert-alkyl or cyclic N) is 1. The summed E-state index contributed by atoms with van der Waals surface area (Å²) in [6.45, 7) is 3.36. The molecule has 0 unspecified atom stereocenters. The van der Waals surface area contributed by atoms with Gasteiger partial charge in [0, 0.05) is 24.0 Å². The highest BCUT2D eigenvalue weighted by atomic mass is 19.4. The number of fused-ring (bicyclic) bond motifs is 1. The van der Waals surface area contributed by atoms with Gasteiger partial charge in [-0.2, -0.15) is 18.3 Å². The molecule has 32 heavy (non-hydrogen) atoms. The Balaban J connectivity index is 1.78. The number of rotatable bonds is 5. The molecule has 170 valence electrons. The van der Waals surface area contributed by atoms with E-state index in [-0.39, 0.29) is 41.4 Å². The summed E-state index contributed by atoms with van der Waals surface area (Å²) in [7, 11) is 0. The Bertz CT molecular complexity index is 1150. The van der Waals surface area contributed by atoms with Gasteiger partial charge in [-0.15, -0.1) is 5.10 Å². The van der Waals surface area contributed by atoms with Crippen LogP contribution in [0.15, 0.2) is 30.3 Å². The lowest BCUT2D eigenvalue weighted by molar-refractivity contribution is -0.140. The van der Waals surface area contributed by atoms with Crippen molar-refractivity contribution in [2.75, 3.05) is 23.3 Å². The molecule has 6 nitrogen and oxygen atoms in total. The van der Waals surface area contributed by atoms with Crippen molar-refractivity contribution in [2.45, 2.75) is 38.6 Å². The summed E-state index contributed by atoms with van der Waals surface area (Å²) in [6, 6.07) is 6.71. The number of anilines is 2. The molecule has 11 heteroatoms. The fraction of sp³-hybridized carbons (Fsp3) is 0.381. The van der Waals surface area contributed by atoms with Crippen LogP contribution in [-0.2, 0) is 6.18 Å². The number of nitrogens with one attached hydrogen (secondary N) is 1. The summed E-state index contributed by atoms with van der Waals surface area (Å²) in [4.78, 5) is 5.26. The molecule has 1 saturated heterocycles. The molecule has 3 heterocycles. The topological polar surface area (TPSA) is 74.2 Å². The van der Waals surface area contributed by atoms with Crippen LogP contribution in [0.4, 0.5) is 33.5 Å². The molecule has 0 bridgehead atoms. The van der Waals surface area contributed by atoms with Crippen molar-refractivity contribution in [3.8, 4) is 0 Å². The number of aryl methyl sites for hydroxylation is 1. The van der Waals surface area contributed by atoms with E-state index in [1.54, 1.807) is 13.0 Å². The van der Waals surface area contributed by atoms with E-state index in [9.17, 15) is 27.1 Å². The smallest absolute Gasteiger partial charge is 0.389 e. The normalized spacial score (nSPS) is 15.8. The molecular formula is C21H20F5N5O. The number of aliphatic hydroxyl groups excluding tert-OH is 1. The zero-order chi connectivity index (χ0) is 23.2. The SMILES string of the molecule is Cc1nnc(N[C@H](C)c2cccc(C(F)F)c2)c2cc(N3CC(O)C3)c(C(F)(F)F)nc12.